The first kappa shape index (κ1) is 13.8. The molecule has 1 aromatic carbocycles. The van der Waals surface area contributed by atoms with Gasteiger partial charge in [-0.25, -0.2) is 0 Å². The van der Waals surface area contributed by atoms with E-state index in [0.717, 1.165) is 6.42 Å². The molecule has 0 saturated carbocycles. The largest absolute Gasteiger partial charge is 0.395 e. The Morgan fingerprint density at radius 2 is 2.26 bits per heavy atom. The van der Waals surface area contributed by atoms with Crippen LogP contribution in [0, 0.1) is 0 Å². The van der Waals surface area contributed by atoms with E-state index in [9.17, 15) is 9.59 Å². The predicted molar refractivity (Wildman–Crippen MR) is 72.5 cm³/mol. The van der Waals surface area contributed by atoms with Crippen molar-refractivity contribution in [3.63, 3.8) is 0 Å². The van der Waals surface area contributed by atoms with Crippen molar-refractivity contribution >= 4 is 29.1 Å². The second-order valence-electron chi connectivity index (χ2n) is 4.29. The molecule has 19 heavy (non-hydrogen) atoms. The molecule has 1 aromatic rings. The van der Waals surface area contributed by atoms with Gasteiger partial charge in [0.15, 0.2) is 0 Å². The molecule has 2 rings (SSSR count). The van der Waals surface area contributed by atoms with E-state index in [-0.39, 0.29) is 25.0 Å². The summed E-state index contributed by atoms with van der Waals surface area (Å²) in [5, 5.41) is 11.6. The van der Waals surface area contributed by atoms with Gasteiger partial charge in [-0.3, -0.25) is 9.59 Å². The topological polar surface area (TPSA) is 69.6 Å². The van der Waals surface area contributed by atoms with Crippen LogP contribution in [0.5, 0.6) is 0 Å². The number of benzene rings is 1. The van der Waals surface area contributed by atoms with Crippen molar-refractivity contribution in [1.82, 2.24) is 5.32 Å². The number of hydrogen-bond acceptors (Lipinski definition) is 3. The second-order valence-corrected chi connectivity index (χ2v) is 4.70. The first-order chi connectivity index (χ1) is 9.13. The average Bonchev–Trinajstić information content (AvgIpc) is 2.83. The highest BCUT2D eigenvalue weighted by molar-refractivity contribution is 6.34. The molecular formula is C13H15ClN2O3. The van der Waals surface area contributed by atoms with Crippen LogP contribution in [-0.4, -0.2) is 36.6 Å². The van der Waals surface area contributed by atoms with Gasteiger partial charge in [0.2, 0.25) is 5.91 Å². The summed E-state index contributed by atoms with van der Waals surface area (Å²) in [4.78, 5) is 25.2. The zero-order valence-electron chi connectivity index (χ0n) is 10.4. The van der Waals surface area contributed by atoms with Gasteiger partial charge >= 0.3 is 0 Å². The maximum atomic E-state index is 11.9. The smallest absolute Gasteiger partial charge is 0.252 e. The number of rotatable bonds is 4. The Kier molecular flexibility index (Phi) is 4.39. The van der Waals surface area contributed by atoms with Gasteiger partial charge in [-0.1, -0.05) is 11.6 Å². The Morgan fingerprint density at radius 3 is 2.89 bits per heavy atom. The number of nitrogens with zero attached hydrogens (tertiary/aromatic N) is 1. The van der Waals surface area contributed by atoms with Crippen LogP contribution >= 0.6 is 11.6 Å². The Bertz CT molecular complexity index is 505. The number of halogens is 1. The lowest BCUT2D eigenvalue weighted by Gasteiger charge is -2.17. The van der Waals surface area contributed by atoms with Gasteiger partial charge in [-0.2, -0.15) is 0 Å². The van der Waals surface area contributed by atoms with Crippen LogP contribution < -0.4 is 10.2 Å². The van der Waals surface area contributed by atoms with E-state index in [4.69, 9.17) is 16.7 Å². The fourth-order valence-electron chi connectivity index (χ4n) is 2.04. The molecule has 102 valence electrons. The molecule has 2 N–H and O–H groups in total. The standard InChI is InChI=1S/C13H15ClN2O3/c14-11-4-3-9(16-6-1-2-12(16)18)8-10(11)13(19)15-5-7-17/h3-4,8,17H,1-2,5-7H2,(H,15,19). The molecule has 0 atom stereocenters. The highest BCUT2D eigenvalue weighted by Gasteiger charge is 2.23. The summed E-state index contributed by atoms with van der Waals surface area (Å²) < 4.78 is 0. The van der Waals surface area contributed by atoms with E-state index in [1.165, 1.54) is 0 Å². The Morgan fingerprint density at radius 1 is 1.47 bits per heavy atom. The monoisotopic (exact) mass is 282 g/mol. The Labute approximate surface area is 116 Å². The molecule has 1 saturated heterocycles. The van der Waals surface area contributed by atoms with Gasteiger partial charge < -0.3 is 15.3 Å². The van der Waals surface area contributed by atoms with Gasteiger partial charge in [-0.15, -0.1) is 0 Å². The van der Waals surface area contributed by atoms with Gasteiger partial charge in [0.1, 0.15) is 0 Å². The second kappa shape index (κ2) is 6.04. The van der Waals surface area contributed by atoms with Gasteiger partial charge in [0.05, 0.1) is 17.2 Å². The Balaban J connectivity index is 2.24. The van der Waals surface area contributed by atoms with E-state index < -0.39 is 0 Å². The van der Waals surface area contributed by atoms with Crippen molar-refractivity contribution in [2.75, 3.05) is 24.6 Å². The summed E-state index contributed by atoms with van der Waals surface area (Å²) >= 11 is 5.99. The first-order valence-corrected chi connectivity index (χ1v) is 6.50. The van der Waals surface area contributed by atoms with Gasteiger partial charge in [0.25, 0.3) is 5.91 Å². The van der Waals surface area contributed by atoms with Crippen LogP contribution in [0.3, 0.4) is 0 Å². The molecule has 0 radical (unpaired) electrons. The molecule has 5 nitrogen and oxygen atoms in total. The lowest BCUT2D eigenvalue weighted by Crippen LogP contribution is -2.28. The number of aliphatic hydroxyl groups is 1. The number of anilines is 1. The predicted octanol–water partition coefficient (Wildman–Crippen LogP) is 1.19. The molecule has 1 fully saturated rings. The summed E-state index contributed by atoms with van der Waals surface area (Å²) in [6, 6.07) is 4.95. The van der Waals surface area contributed by atoms with Crippen LogP contribution in [0.2, 0.25) is 5.02 Å². The molecule has 0 aromatic heterocycles. The van der Waals surface area contributed by atoms with Gasteiger partial charge in [-0.05, 0) is 24.6 Å². The molecule has 1 heterocycles. The third kappa shape index (κ3) is 3.05. The maximum Gasteiger partial charge on any atom is 0.252 e. The van der Waals surface area contributed by atoms with Crippen LogP contribution in [0.15, 0.2) is 18.2 Å². The number of aliphatic hydroxyl groups excluding tert-OH is 1. The Hall–Kier alpha value is -1.59. The van der Waals surface area contributed by atoms with Crippen molar-refractivity contribution in [2.24, 2.45) is 0 Å². The van der Waals surface area contributed by atoms with Crippen molar-refractivity contribution < 1.29 is 14.7 Å². The van der Waals surface area contributed by atoms with E-state index >= 15 is 0 Å². The number of nitrogens with one attached hydrogen (secondary N) is 1. The zero-order chi connectivity index (χ0) is 13.8. The van der Waals surface area contributed by atoms with Crippen molar-refractivity contribution in [3.05, 3.63) is 28.8 Å². The third-order valence-corrected chi connectivity index (χ3v) is 3.31. The number of amides is 2. The average molecular weight is 283 g/mol. The SMILES string of the molecule is O=C(NCCO)c1cc(N2CCCC2=O)ccc1Cl. The van der Waals surface area contributed by atoms with Crippen LogP contribution in [-0.2, 0) is 4.79 Å². The fourth-order valence-corrected chi connectivity index (χ4v) is 2.24. The minimum Gasteiger partial charge on any atom is -0.395 e. The molecule has 0 aliphatic carbocycles. The number of hydrogen-bond donors (Lipinski definition) is 2. The molecule has 1 aliphatic heterocycles. The minimum absolute atomic E-state index is 0.0593. The molecule has 0 unspecified atom stereocenters. The molecule has 6 heteroatoms. The highest BCUT2D eigenvalue weighted by Crippen LogP contribution is 2.26. The summed E-state index contributed by atoms with van der Waals surface area (Å²) in [5.74, 6) is -0.295. The van der Waals surface area contributed by atoms with Crippen molar-refractivity contribution in [3.8, 4) is 0 Å². The zero-order valence-corrected chi connectivity index (χ0v) is 11.1. The highest BCUT2D eigenvalue weighted by atomic mass is 35.5. The number of carbonyl (C=O) groups excluding carboxylic acids is 2. The maximum absolute atomic E-state index is 11.9. The van der Waals surface area contributed by atoms with Crippen molar-refractivity contribution in [2.45, 2.75) is 12.8 Å². The third-order valence-electron chi connectivity index (χ3n) is 2.98. The van der Waals surface area contributed by atoms with Crippen LogP contribution in [0.1, 0.15) is 23.2 Å². The summed E-state index contributed by atoms with van der Waals surface area (Å²) in [6.07, 6.45) is 1.36. The van der Waals surface area contributed by atoms with Crippen molar-refractivity contribution in [1.29, 1.82) is 0 Å². The molecule has 0 bridgehead atoms. The molecular weight excluding hydrogens is 268 g/mol. The van der Waals surface area contributed by atoms with Crippen LogP contribution in [0.4, 0.5) is 5.69 Å². The molecule has 1 aliphatic rings. The normalized spacial score (nSPS) is 14.8. The first-order valence-electron chi connectivity index (χ1n) is 6.12. The van der Waals surface area contributed by atoms with E-state index in [1.54, 1.807) is 23.1 Å². The van der Waals surface area contributed by atoms with E-state index in [0.29, 0.717) is 29.2 Å². The van der Waals surface area contributed by atoms with Gasteiger partial charge in [0, 0.05) is 25.2 Å². The number of carbonyl (C=O) groups is 2. The lowest BCUT2D eigenvalue weighted by atomic mass is 10.1. The van der Waals surface area contributed by atoms with E-state index in [2.05, 4.69) is 5.32 Å². The molecule has 2 amide bonds. The summed E-state index contributed by atoms with van der Waals surface area (Å²) in [5.41, 5.74) is 0.994. The van der Waals surface area contributed by atoms with E-state index in [1.807, 2.05) is 0 Å². The molecule has 0 spiro atoms. The van der Waals surface area contributed by atoms with Crippen LogP contribution in [0.25, 0.3) is 0 Å². The summed E-state index contributed by atoms with van der Waals surface area (Å²) in [6.45, 7) is 0.702. The summed E-state index contributed by atoms with van der Waals surface area (Å²) in [7, 11) is 0. The quantitative estimate of drug-likeness (QED) is 0.871. The fraction of sp³-hybridized carbons (Fsp3) is 0.385. The lowest BCUT2D eigenvalue weighted by molar-refractivity contribution is -0.117. The minimum atomic E-state index is -0.354.